The van der Waals surface area contributed by atoms with Crippen molar-refractivity contribution in [3.8, 4) is 0 Å². The molecule has 0 saturated carbocycles. The first-order chi connectivity index (χ1) is 22.7. The summed E-state index contributed by atoms with van der Waals surface area (Å²) in [6.07, 6.45) is 1.31. The zero-order chi connectivity index (χ0) is 35.4. The van der Waals surface area contributed by atoms with Crippen molar-refractivity contribution in [2.24, 2.45) is 5.14 Å². The van der Waals surface area contributed by atoms with Crippen molar-refractivity contribution < 1.29 is 42.9 Å². The van der Waals surface area contributed by atoms with Gasteiger partial charge in [0.25, 0.3) is 0 Å². The number of hydrogen-bond acceptors (Lipinski definition) is 8. The predicted molar refractivity (Wildman–Crippen MR) is 179 cm³/mol. The van der Waals surface area contributed by atoms with Crippen LogP contribution in [0.4, 0.5) is 5.69 Å². The number of amides is 1. The summed E-state index contributed by atoms with van der Waals surface area (Å²) in [5, 5.41) is 40.2. The highest BCUT2D eigenvalue weighted by Crippen LogP contribution is 2.28. The second kappa shape index (κ2) is 17.6. The summed E-state index contributed by atoms with van der Waals surface area (Å²) in [6, 6.07) is 16.8. The van der Waals surface area contributed by atoms with Crippen molar-refractivity contribution in [1.82, 2.24) is 10.2 Å². The molecule has 7 N–H and O–H groups in total. The van der Waals surface area contributed by atoms with Gasteiger partial charge in [-0.15, -0.1) is 0 Å². The molecule has 0 spiro atoms. The van der Waals surface area contributed by atoms with Gasteiger partial charge in [0, 0.05) is 13.1 Å². The van der Waals surface area contributed by atoms with E-state index in [2.05, 4.69) is 10.6 Å². The van der Waals surface area contributed by atoms with Crippen LogP contribution in [0.25, 0.3) is 0 Å². The number of nitrogens with one attached hydrogen (secondary N) is 2. The van der Waals surface area contributed by atoms with Crippen LogP contribution >= 0.6 is 11.6 Å². The maximum atomic E-state index is 13.8. The third-order valence-corrected chi connectivity index (χ3v) is 8.91. The molecule has 258 valence electrons. The van der Waals surface area contributed by atoms with Crippen LogP contribution < -0.4 is 15.8 Å². The molecule has 0 saturated heterocycles. The van der Waals surface area contributed by atoms with Crippen molar-refractivity contribution in [2.45, 2.75) is 68.6 Å². The van der Waals surface area contributed by atoms with Gasteiger partial charge in [0.1, 0.15) is 17.0 Å². The molecule has 0 aromatic heterocycles. The van der Waals surface area contributed by atoms with Crippen LogP contribution in [0.3, 0.4) is 0 Å². The monoisotopic (exact) mass is 702 g/mol. The summed E-state index contributed by atoms with van der Waals surface area (Å²) in [5.74, 6) is -4.39. The SMILES string of the molecule is C[C@H](N[C@@H](CCc1ccccc1)C(=O)O)C(=O)N(Cc1ccccc1)[C@H](CCCCNc1cc(Cl)c(C(=O)O)cc1S(N)(=O)=O)C(=O)O. The third-order valence-electron chi connectivity index (χ3n) is 7.65. The van der Waals surface area contributed by atoms with E-state index in [1.54, 1.807) is 30.3 Å². The van der Waals surface area contributed by atoms with Gasteiger partial charge in [0.15, 0.2) is 0 Å². The second-order valence-corrected chi connectivity index (χ2v) is 13.1. The van der Waals surface area contributed by atoms with Crippen molar-refractivity contribution in [3.05, 3.63) is 94.5 Å². The number of carboxylic acid groups (broad SMARTS) is 3. The number of unbranched alkanes of at least 4 members (excludes halogenated alkanes) is 1. The molecule has 3 aromatic carbocycles. The Hall–Kier alpha value is -4.50. The Morgan fingerprint density at radius 3 is 2.02 bits per heavy atom. The number of nitrogens with zero attached hydrogens (tertiary/aromatic N) is 1. The normalized spacial score (nSPS) is 13.2. The molecular weight excluding hydrogens is 664 g/mol. The summed E-state index contributed by atoms with van der Waals surface area (Å²) in [4.78, 5) is 50.6. The van der Waals surface area contributed by atoms with Crippen LogP contribution in [0.15, 0.2) is 77.7 Å². The van der Waals surface area contributed by atoms with Crippen LogP contribution in [0.1, 0.15) is 54.1 Å². The lowest BCUT2D eigenvalue weighted by molar-refractivity contribution is -0.152. The number of nitrogens with two attached hydrogens (primary N) is 1. The number of primary sulfonamides is 1. The number of carboxylic acids is 3. The summed E-state index contributed by atoms with van der Waals surface area (Å²) in [6.45, 7) is 1.62. The van der Waals surface area contributed by atoms with E-state index in [1.165, 1.54) is 11.8 Å². The average Bonchev–Trinajstić information content (AvgIpc) is 3.03. The Kier molecular flexibility index (Phi) is 13.9. The molecule has 0 aliphatic carbocycles. The van der Waals surface area contributed by atoms with Gasteiger partial charge in [-0.2, -0.15) is 0 Å². The minimum atomic E-state index is -4.31. The van der Waals surface area contributed by atoms with E-state index in [4.69, 9.17) is 16.7 Å². The molecule has 0 radical (unpaired) electrons. The Morgan fingerprint density at radius 1 is 0.875 bits per heavy atom. The molecule has 48 heavy (non-hydrogen) atoms. The van der Waals surface area contributed by atoms with E-state index in [9.17, 15) is 42.9 Å². The van der Waals surface area contributed by atoms with Crippen molar-refractivity contribution in [2.75, 3.05) is 11.9 Å². The molecule has 15 heteroatoms. The lowest BCUT2D eigenvalue weighted by Crippen LogP contribution is -2.54. The van der Waals surface area contributed by atoms with E-state index >= 15 is 0 Å². The van der Waals surface area contributed by atoms with Crippen LogP contribution in [-0.4, -0.2) is 77.1 Å². The minimum absolute atomic E-state index is 0.0108. The molecule has 1 amide bonds. The molecule has 0 aliphatic heterocycles. The lowest BCUT2D eigenvalue weighted by Gasteiger charge is -2.32. The number of halogens is 1. The zero-order valence-corrected chi connectivity index (χ0v) is 27.8. The number of carbonyl (C=O) groups is 4. The van der Waals surface area contributed by atoms with Gasteiger partial charge in [-0.1, -0.05) is 72.3 Å². The molecule has 0 heterocycles. The second-order valence-electron chi connectivity index (χ2n) is 11.2. The summed E-state index contributed by atoms with van der Waals surface area (Å²) < 4.78 is 24.2. The first-order valence-corrected chi connectivity index (χ1v) is 17.0. The Morgan fingerprint density at radius 2 is 1.48 bits per heavy atom. The maximum Gasteiger partial charge on any atom is 0.337 e. The van der Waals surface area contributed by atoms with E-state index in [0.717, 1.165) is 17.7 Å². The van der Waals surface area contributed by atoms with Gasteiger partial charge >= 0.3 is 17.9 Å². The molecule has 0 bridgehead atoms. The number of aryl methyl sites for hydroxylation is 1. The first-order valence-electron chi connectivity index (χ1n) is 15.1. The smallest absolute Gasteiger partial charge is 0.337 e. The largest absolute Gasteiger partial charge is 0.480 e. The van der Waals surface area contributed by atoms with Gasteiger partial charge in [-0.05, 0) is 62.3 Å². The van der Waals surface area contributed by atoms with Gasteiger partial charge < -0.3 is 25.5 Å². The topological polar surface area (TPSA) is 216 Å². The number of aliphatic carboxylic acids is 2. The van der Waals surface area contributed by atoms with Crippen LogP contribution in [0.2, 0.25) is 5.02 Å². The number of hydrogen-bond donors (Lipinski definition) is 6. The lowest BCUT2D eigenvalue weighted by atomic mass is 10.0. The van der Waals surface area contributed by atoms with Gasteiger partial charge in [0.2, 0.25) is 15.9 Å². The number of aromatic carboxylic acids is 1. The van der Waals surface area contributed by atoms with Crippen molar-refractivity contribution in [3.63, 3.8) is 0 Å². The van der Waals surface area contributed by atoms with Crippen LogP contribution in [0.5, 0.6) is 0 Å². The highest BCUT2D eigenvalue weighted by molar-refractivity contribution is 7.89. The number of sulfonamides is 1. The third kappa shape index (κ3) is 11.0. The minimum Gasteiger partial charge on any atom is -0.480 e. The molecule has 13 nitrogen and oxygen atoms in total. The van der Waals surface area contributed by atoms with Gasteiger partial charge in [-0.25, -0.2) is 23.1 Å². The van der Waals surface area contributed by atoms with E-state index in [0.29, 0.717) is 18.4 Å². The van der Waals surface area contributed by atoms with Gasteiger partial charge in [0.05, 0.1) is 22.3 Å². The highest BCUT2D eigenvalue weighted by atomic mass is 35.5. The predicted octanol–water partition coefficient (Wildman–Crippen LogP) is 3.81. The molecular formula is C33H39ClN4O9S. The Balaban J connectivity index is 1.73. The summed E-state index contributed by atoms with van der Waals surface area (Å²) in [5.41, 5.74) is 1.18. The van der Waals surface area contributed by atoms with Crippen molar-refractivity contribution >= 4 is 51.1 Å². The molecule has 0 aliphatic rings. The number of rotatable bonds is 19. The highest BCUT2D eigenvalue weighted by Gasteiger charge is 2.33. The number of benzene rings is 3. The molecule has 0 fully saturated rings. The standard InChI is InChI=1S/C33H39ClN4O9S/c1-21(37-26(32(42)43)16-15-22-10-4-2-5-11-22)30(39)38(20-23-12-6-3-7-13-23)28(33(44)45)14-8-9-17-36-27-19-25(34)24(31(40)41)18-29(27)48(35,46)47/h2-7,10-13,18-19,21,26,28,36-37H,8-9,14-17,20H2,1H3,(H,40,41)(H,42,43)(H,44,45)(H2,35,46,47)/t21-,26-,28+/m0/s1. The quantitative estimate of drug-likeness (QED) is 0.0987. The maximum absolute atomic E-state index is 13.8. The fourth-order valence-electron chi connectivity index (χ4n) is 5.17. The van der Waals surface area contributed by atoms with Crippen LogP contribution in [-0.2, 0) is 37.4 Å². The summed E-state index contributed by atoms with van der Waals surface area (Å²) >= 11 is 6.02. The number of carbonyl (C=O) groups excluding carboxylic acids is 1. The Bertz CT molecular complexity index is 1690. The molecule has 3 rings (SSSR count). The van der Waals surface area contributed by atoms with E-state index < -0.39 is 62.4 Å². The average molecular weight is 703 g/mol. The Labute approximate surface area is 283 Å². The molecule has 3 aromatic rings. The van der Waals surface area contributed by atoms with Crippen LogP contribution in [0, 0.1) is 0 Å². The fourth-order valence-corrected chi connectivity index (χ4v) is 6.13. The van der Waals surface area contributed by atoms with E-state index in [-0.39, 0.29) is 43.1 Å². The first kappa shape index (κ1) is 38.0. The fraction of sp³-hybridized carbons (Fsp3) is 0.333. The van der Waals surface area contributed by atoms with E-state index in [1.807, 2.05) is 30.3 Å². The van der Waals surface area contributed by atoms with Crippen molar-refractivity contribution in [1.29, 1.82) is 0 Å². The summed E-state index contributed by atoms with van der Waals surface area (Å²) in [7, 11) is -4.31. The number of anilines is 1. The zero-order valence-electron chi connectivity index (χ0n) is 26.2. The van der Waals surface area contributed by atoms with Gasteiger partial charge in [-0.3, -0.25) is 14.9 Å². The molecule has 0 unspecified atom stereocenters. The molecule has 3 atom stereocenters.